The van der Waals surface area contributed by atoms with Crippen molar-refractivity contribution in [1.29, 1.82) is 0 Å². The zero-order valence-electron chi connectivity index (χ0n) is 19.0. The van der Waals surface area contributed by atoms with Crippen molar-refractivity contribution in [1.82, 2.24) is 10.6 Å². The number of aliphatic carboxylic acids is 1. The second-order valence-electron chi connectivity index (χ2n) is 9.39. The van der Waals surface area contributed by atoms with Gasteiger partial charge in [0.15, 0.2) is 0 Å². The number of alkyl carbamates (subject to hydrolysis) is 1. The molecule has 2 aliphatic carbocycles. The largest absolute Gasteiger partial charge is 0.481 e. The topological polar surface area (TPSA) is 105 Å². The summed E-state index contributed by atoms with van der Waals surface area (Å²) in [7, 11) is 0. The van der Waals surface area contributed by atoms with Crippen LogP contribution < -0.4 is 10.6 Å². The normalized spacial score (nSPS) is 17.3. The van der Waals surface area contributed by atoms with E-state index < -0.39 is 23.6 Å². The van der Waals surface area contributed by atoms with E-state index in [1.165, 1.54) is 0 Å². The quantitative estimate of drug-likeness (QED) is 0.534. The van der Waals surface area contributed by atoms with Gasteiger partial charge in [0.25, 0.3) is 0 Å². The molecule has 1 fully saturated rings. The molecule has 1 unspecified atom stereocenters. The second kappa shape index (κ2) is 9.25. The van der Waals surface area contributed by atoms with Gasteiger partial charge in [-0.25, -0.2) is 4.79 Å². The van der Waals surface area contributed by atoms with Gasteiger partial charge < -0.3 is 20.5 Å². The molecule has 174 valence electrons. The van der Waals surface area contributed by atoms with Gasteiger partial charge in [-0.3, -0.25) is 9.59 Å². The zero-order valence-corrected chi connectivity index (χ0v) is 19.0. The van der Waals surface area contributed by atoms with Crippen LogP contribution in [0.4, 0.5) is 4.79 Å². The number of benzene rings is 2. The standard InChI is InChI=1S/C26H30N2O5/c1-16(13-23(29)28-26(2,14-24(30)31)17-11-12-17)27-25(32)33-15-22-20-9-5-3-7-18(20)19-8-4-6-10-21(19)22/h3-10,16-17,22H,11-15H2,1-2H3,(H,27,32)(H,28,29)(H,30,31)/t16-,26?/m1/s1. The van der Waals surface area contributed by atoms with Gasteiger partial charge in [-0.1, -0.05) is 48.5 Å². The molecule has 4 rings (SSSR count). The van der Waals surface area contributed by atoms with Crippen molar-refractivity contribution >= 4 is 18.0 Å². The lowest BCUT2D eigenvalue weighted by Crippen LogP contribution is -2.50. The van der Waals surface area contributed by atoms with E-state index in [4.69, 9.17) is 4.74 Å². The number of rotatable bonds is 9. The number of carboxylic acids is 1. The molecule has 0 aromatic heterocycles. The Morgan fingerprint density at radius 3 is 2.18 bits per heavy atom. The number of ether oxygens (including phenoxy) is 1. The molecule has 2 amide bonds. The van der Waals surface area contributed by atoms with Crippen LogP contribution in [0.25, 0.3) is 11.1 Å². The van der Waals surface area contributed by atoms with Crippen molar-refractivity contribution in [3.63, 3.8) is 0 Å². The molecule has 33 heavy (non-hydrogen) atoms. The summed E-state index contributed by atoms with van der Waals surface area (Å²) in [5.74, 6) is -1.06. The minimum absolute atomic E-state index is 0.0305. The Balaban J connectivity index is 1.30. The molecule has 7 nitrogen and oxygen atoms in total. The van der Waals surface area contributed by atoms with Crippen molar-refractivity contribution in [2.45, 2.75) is 57.0 Å². The number of hydrogen-bond acceptors (Lipinski definition) is 4. The van der Waals surface area contributed by atoms with E-state index in [1.807, 2.05) is 24.3 Å². The molecule has 2 atom stereocenters. The van der Waals surface area contributed by atoms with Crippen molar-refractivity contribution in [2.75, 3.05) is 6.61 Å². The maximum Gasteiger partial charge on any atom is 0.407 e. The van der Waals surface area contributed by atoms with Crippen LogP contribution in [0.1, 0.15) is 56.6 Å². The lowest BCUT2D eigenvalue weighted by molar-refractivity contribution is -0.139. The van der Waals surface area contributed by atoms with Crippen LogP contribution in [-0.2, 0) is 14.3 Å². The monoisotopic (exact) mass is 450 g/mol. The summed E-state index contributed by atoms with van der Waals surface area (Å²) in [5.41, 5.74) is 3.83. The molecule has 3 N–H and O–H groups in total. The van der Waals surface area contributed by atoms with Gasteiger partial charge in [-0.15, -0.1) is 0 Å². The van der Waals surface area contributed by atoms with Crippen LogP contribution in [0.2, 0.25) is 0 Å². The smallest absolute Gasteiger partial charge is 0.407 e. The van der Waals surface area contributed by atoms with Crippen molar-refractivity contribution in [3.05, 3.63) is 59.7 Å². The molecule has 0 saturated heterocycles. The van der Waals surface area contributed by atoms with Crippen molar-refractivity contribution < 1.29 is 24.2 Å². The molecule has 7 heteroatoms. The van der Waals surface area contributed by atoms with E-state index in [-0.39, 0.29) is 37.2 Å². The van der Waals surface area contributed by atoms with Gasteiger partial charge >= 0.3 is 12.1 Å². The highest BCUT2D eigenvalue weighted by molar-refractivity contribution is 5.80. The molecule has 2 aromatic rings. The summed E-state index contributed by atoms with van der Waals surface area (Å²) < 4.78 is 5.53. The second-order valence-corrected chi connectivity index (χ2v) is 9.39. The van der Waals surface area contributed by atoms with Gasteiger partial charge in [0, 0.05) is 18.4 Å². The van der Waals surface area contributed by atoms with E-state index in [0.717, 1.165) is 35.1 Å². The van der Waals surface area contributed by atoms with Crippen molar-refractivity contribution in [2.24, 2.45) is 5.92 Å². The average Bonchev–Trinajstić information content (AvgIpc) is 3.56. The first-order valence-corrected chi connectivity index (χ1v) is 11.4. The SMILES string of the molecule is C[C@H](CC(=O)NC(C)(CC(=O)O)C1CC1)NC(=O)OCC1c2ccccc2-c2ccccc21. The Kier molecular flexibility index (Phi) is 6.40. The van der Waals surface area contributed by atoms with E-state index in [2.05, 4.69) is 34.9 Å². The number of carboxylic acid groups (broad SMARTS) is 1. The van der Waals surface area contributed by atoms with Gasteiger partial charge in [0.2, 0.25) is 5.91 Å². The van der Waals surface area contributed by atoms with E-state index in [1.54, 1.807) is 13.8 Å². The lowest BCUT2D eigenvalue weighted by Gasteiger charge is -2.30. The van der Waals surface area contributed by atoms with E-state index in [9.17, 15) is 19.5 Å². The van der Waals surface area contributed by atoms with Gasteiger partial charge in [-0.05, 0) is 54.9 Å². The average molecular weight is 451 g/mol. The molecular formula is C26H30N2O5. The molecule has 0 aliphatic heterocycles. The number of fused-ring (bicyclic) bond motifs is 3. The number of amides is 2. The summed E-state index contributed by atoms with van der Waals surface area (Å²) >= 11 is 0. The number of nitrogens with one attached hydrogen (secondary N) is 2. The summed E-state index contributed by atoms with van der Waals surface area (Å²) in [4.78, 5) is 36.1. The van der Waals surface area contributed by atoms with Crippen LogP contribution in [-0.4, -0.2) is 41.3 Å². The predicted octanol–water partition coefficient (Wildman–Crippen LogP) is 4.06. The Morgan fingerprint density at radius 2 is 1.64 bits per heavy atom. The molecule has 0 heterocycles. The fraction of sp³-hybridized carbons (Fsp3) is 0.423. The number of carbonyl (C=O) groups is 3. The van der Waals surface area contributed by atoms with E-state index in [0.29, 0.717) is 0 Å². The van der Waals surface area contributed by atoms with E-state index >= 15 is 0 Å². The Bertz CT molecular complexity index is 1020. The molecule has 0 spiro atoms. The van der Waals surface area contributed by atoms with Crippen LogP contribution >= 0.6 is 0 Å². The number of hydrogen-bond donors (Lipinski definition) is 3. The molecule has 0 radical (unpaired) electrons. The highest BCUT2D eigenvalue weighted by Crippen LogP contribution is 2.44. The summed E-state index contributed by atoms with van der Waals surface area (Å²) in [6.45, 7) is 3.71. The highest BCUT2D eigenvalue weighted by atomic mass is 16.5. The Hall–Kier alpha value is -3.35. The third kappa shape index (κ3) is 5.18. The Morgan fingerprint density at radius 1 is 1.06 bits per heavy atom. The summed E-state index contributed by atoms with van der Waals surface area (Å²) in [5, 5.41) is 14.8. The van der Waals surface area contributed by atoms with Gasteiger partial charge in [-0.2, -0.15) is 0 Å². The molecule has 1 saturated carbocycles. The first-order chi connectivity index (χ1) is 15.8. The van der Waals surface area contributed by atoms with Crippen molar-refractivity contribution in [3.8, 4) is 11.1 Å². The van der Waals surface area contributed by atoms with Crippen LogP contribution in [0.5, 0.6) is 0 Å². The maximum absolute atomic E-state index is 12.5. The first kappa shape index (κ1) is 22.8. The van der Waals surface area contributed by atoms with Crippen LogP contribution in [0, 0.1) is 5.92 Å². The third-order valence-electron chi connectivity index (χ3n) is 6.62. The Labute approximate surface area is 193 Å². The molecular weight excluding hydrogens is 420 g/mol. The fourth-order valence-electron chi connectivity index (χ4n) is 4.87. The van der Waals surface area contributed by atoms with Crippen LogP contribution in [0.3, 0.4) is 0 Å². The minimum atomic E-state index is -0.936. The lowest BCUT2D eigenvalue weighted by atomic mass is 9.91. The maximum atomic E-state index is 12.5. The summed E-state index contributed by atoms with van der Waals surface area (Å²) in [6.07, 6.45) is 1.19. The van der Waals surface area contributed by atoms with Gasteiger partial charge in [0.1, 0.15) is 6.61 Å². The molecule has 2 aromatic carbocycles. The zero-order chi connectivity index (χ0) is 23.6. The number of carbonyl (C=O) groups excluding carboxylic acids is 2. The third-order valence-corrected chi connectivity index (χ3v) is 6.62. The highest BCUT2D eigenvalue weighted by Gasteiger charge is 2.44. The summed E-state index contributed by atoms with van der Waals surface area (Å²) in [6, 6.07) is 15.8. The minimum Gasteiger partial charge on any atom is -0.481 e. The van der Waals surface area contributed by atoms with Gasteiger partial charge in [0.05, 0.1) is 12.0 Å². The molecule has 2 aliphatic rings. The molecule has 0 bridgehead atoms. The van der Waals surface area contributed by atoms with Crippen LogP contribution in [0.15, 0.2) is 48.5 Å². The fourth-order valence-corrected chi connectivity index (χ4v) is 4.87. The first-order valence-electron chi connectivity index (χ1n) is 11.4. The predicted molar refractivity (Wildman–Crippen MR) is 124 cm³/mol.